The van der Waals surface area contributed by atoms with E-state index in [1.165, 1.54) is 16.7 Å². The lowest BCUT2D eigenvalue weighted by Gasteiger charge is -2.15. The fraction of sp³-hybridized carbons (Fsp3) is 0.250. The average Bonchev–Trinajstić information content (AvgIpc) is 2.70. The number of imide groups is 1. The lowest BCUT2D eigenvalue weighted by atomic mass is 9.92. The van der Waals surface area contributed by atoms with Gasteiger partial charge in [-0.2, -0.15) is 11.8 Å². The molecule has 20 heavy (non-hydrogen) atoms. The van der Waals surface area contributed by atoms with E-state index in [1.54, 1.807) is 7.05 Å². The summed E-state index contributed by atoms with van der Waals surface area (Å²) in [6.45, 7) is 0. The molecule has 0 aliphatic carbocycles. The molecular weight excluding hydrogens is 270 g/mol. The Morgan fingerprint density at radius 3 is 2.45 bits per heavy atom. The van der Waals surface area contributed by atoms with Gasteiger partial charge in [-0.1, -0.05) is 42.5 Å². The number of rotatable bonds is 2. The summed E-state index contributed by atoms with van der Waals surface area (Å²) < 4.78 is 0. The van der Waals surface area contributed by atoms with Crippen molar-refractivity contribution < 1.29 is 9.59 Å². The van der Waals surface area contributed by atoms with Gasteiger partial charge >= 0.3 is 0 Å². The van der Waals surface area contributed by atoms with Gasteiger partial charge < -0.3 is 0 Å². The van der Waals surface area contributed by atoms with Crippen LogP contribution in [0.25, 0.3) is 10.8 Å². The molecule has 1 saturated heterocycles. The first-order chi connectivity index (χ1) is 9.65. The summed E-state index contributed by atoms with van der Waals surface area (Å²) in [5.74, 6) is -0.584. The zero-order valence-electron chi connectivity index (χ0n) is 11.4. The number of likely N-dealkylation sites (N-methyl/N-ethyl adjacent to an activating group) is 1. The number of amides is 2. The molecular formula is C16H15NO2S. The second-order valence-electron chi connectivity index (χ2n) is 4.94. The molecule has 4 heteroatoms. The minimum Gasteiger partial charge on any atom is -0.284 e. The molecule has 0 N–H and O–H groups in total. The SMILES string of the molecule is CS[C@@H]1C(=O)N(C)C(=O)[C@H]1c1cccc2ccccc12. The van der Waals surface area contributed by atoms with E-state index in [2.05, 4.69) is 0 Å². The highest BCUT2D eigenvalue weighted by Gasteiger charge is 2.46. The van der Waals surface area contributed by atoms with Gasteiger partial charge in [-0.25, -0.2) is 0 Å². The summed E-state index contributed by atoms with van der Waals surface area (Å²) in [6, 6.07) is 13.9. The quantitative estimate of drug-likeness (QED) is 0.796. The Bertz CT molecular complexity index is 692. The van der Waals surface area contributed by atoms with Gasteiger partial charge in [0.05, 0.1) is 11.2 Å². The van der Waals surface area contributed by atoms with Crippen molar-refractivity contribution in [2.45, 2.75) is 11.2 Å². The highest BCUT2D eigenvalue weighted by atomic mass is 32.2. The number of benzene rings is 2. The van der Waals surface area contributed by atoms with E-state index in [4.69, 9.17) is 0 Å². The zero-order chi connectivity index (χ0) is 14.3. The Morgan fingerprint density at radius 2 is 1.70 bits per heavy atom. The predicted octanol–water partition coefficient (Wildman–Crippen LogP) is 2.65. The zero-order valence-corrected chi connectivity index (χ0v) is 12.2. The summed E-state index contributed by atoms with van der Waals surface area (Å²) in [5, 5.41) is 1.83. The van der Waals surface area contributed by atoms with E-state index in [0.29, 0.717) is 0 Å². The third-order valence-corrected chi connectivity index (χ3v) is 4.87. The molecule has 2 aromatic carbocycles. The third kappa shape index (κ3) is 1.83. The van der Waals surface area contributed by atoms with Crippen LogP contribution in [0.3, 0.4) is 0 Å². The van der Waals surface area contributed by atoms with Crippen molar-refractivity contribution in [1.29, 1.82) is 0 Å². The predicted molar refractivity (Wildman–Crippen MR) is 81.8 cm³/mol. The molecule has 1 aliphatic heterocycles. The van der Waals surface area contributed by atoms with Crippen molar-refractivity contribution in [1.82, 2.24) is 4.90 Å². The van der Waals surface area contributed by atoms with Crippen molar-refractivity contribution in [2.75, 3.05) is 13.3 Å². The van der Waals surface area contributed by atoms with Crippen molar-refractivity contribution in [3.05, 3.63) is 48.0 Å². The van der Waals surface area contributed by atoms with Crippen molar-refractivity contribution in [2.24, 2.45) is 0 Å². The molecule has 0 radical (unpaired) electrons. The molecule has 3 nitrogen and oxygen atoms in total. The van der Waals surface area contributed by atoms with Crippen LogP contribution in [0.1, 0.15) is 11.5 Å². The molecule has 0 aromatic heterocycles. The van der Waals surface area contributed by atoms with Crippen LogP contribution < -0.4 is 0 Å². The second-order valence-corrected chi connectivity index (χ2v) is 5.92. The number of likely N-dealkylation sites (tertiary alicyclic amines) is 1. The van der Waals surface area contributed by atoms with E-state index >= 15 is 0 Å². The largest absolute Gasteiger partial charge is 0.284 e. The van der Waals surface area contributed by atoms with E-state index in [0.717, 1.165) is 16.3 Å². The molecule has 0 unspecified atom stereocenters. The summed E-state index contributed by atoms with van der Waals surface area (Å²) in [5.41, 5.74) is 0.949. The fourth-order valence-corrected chi connectivity index (χ4v) is 3.73. The van der Waals surface area contributed by atoms with Crippen LogP contribution in [0.5, 0.6) is 0 Å². The van der Waals surface area contributed by atoms with Crippen molar-refractivity contribution >= 4 is 34.3 Å². The molecule has 102 valence electrons. The Hall–Kier alpha value is -1.81. The van der Waals surface area contributed by atoms with Crippen LogP contribution in [0.15, 0.2) is 42.5 Å². The van der Waals surface area contributed by atoms with Crippen molar-refractivity contribution in [3.63, 3.8) is 0 Å². The van der Waals surface area contributed by atoms with E-state index in [9.17, 15) is 9.59 Å². The van der Waals surface area contributed by atoms with Gasteiger partial charge in [0, 0.05) is 7.05 Å². The molecule has 2 amide bonds. The highest BCUT2D eigenvalue weighted by molar-refractivity contribution is 8.00. The molecule has 0 bridgehead atoms. The normalized spacial score (nSPS) is 22.8. The second kappa shape index (κ2) is 4.94. The van der Waals surface area contributed by atoms with Gasteiger partial charge in [0.15, 0.2) is 0 Å². The number of hydrogen-bond acceptors (Lipinski definition) is 3. The van der Waals surface area contributed by atoms with Crippen LogP contribution in [-0.4, -0.2) is 35.3 Å². The van der Waals surface area contributed by atoms with Crippen LogP contribution in [-0.2, 0) is 9.59 Å². The van der Waals surface area contributed by atoms with Crippen LogP contribution in [0, 0.1) is 0 Å². The first-order valence-corrected chi connectivity index (χ1v) is 7.76. The van der Waals surface area contributed by atoms with Gasteiger partial charge in [0.2, 0.25) is 11.8 Å². The molecule has 1 aliphatic rings. The topological polar surface area (TPSA) is 37.4 Å². The number of hydrogen-bond donors (Lipinski definition) is 0. The van der Waals surface area contributed by atoms with Crippen LogP contribution >= 0.6 is 11.8 Å². The summed E-state index contributed by atoms with van der Waals surface area (Å²) in [7, 11) is 1.57. The van der Waals surface area contributed by atoms with E-state index < -0.39 is 0 Å². The Morgan fingerprint density at radius 1 is 1.00 bits per heavy atom. The van der Waals surface area contributed by atoms with Gasteiger partial charge in [0.25, 0.3) is 0 Å². The van der Waals surface area contributed by atoms with Crippen LogP contribution in [0.4, 0.5) is 0 Å². The Labute approximate surface area is 122 Å². The highest BCUT2D eigenvalue weighted by Crippen LogP contribution is 2.38. The maximum absolute atomic E-state index is 12.4. The maximum atomic E-state index is 12.4. The third-order valence-electron chi connectivity index (χ3n) is 3.89. The van der Waals surface area contributed by atoms with E-state index in [-0.39, 0.29) is 23.0 Å². The molecule has 0 saturated carbocycles. The first kappa shape index (κ1) is 13.2. The van der Waals surface area contributed by atoms with Gasteiger partial charge in [-0.3, -0.25) is 14.5 Å². The molecule has 1 heterocycles. The number of carbonyl (C=O) groups is 2. The molecule has 3 rings (SSSR count). The Balaban J connectivity index is 2.19. The van der Waals surface area contributed by atoms with E-state index in [1.807, 2.05) is 48.7 Å². The summed E-state index contributed by atoms with van der Waals surface area (Å²) >= 11 is 1.45. The number of thioether (sulfide) groups is 1. The van der Waals surface area contributed by atoms with Gasteiger partial charge in [-0.05, 0) is 22.6 Å². The van der Waals surface area contributed by atoms with Gasteiger partial charge in [0.1, 0.15) is 0 Å². The van der Waals surface area contributed by atoms with Crippen LogP contribution in [0.2, 0.25) is 0 Å². The van der Waals surface area contributed by atoms with Gasteiger partial charge in [-0.15, -0.1) is 0 Å². The fourth-order valence-electron chi connectivity index (χ4n) is 2.83. The molecule has 2 aromatic rings. The molecule has 2 atom stereocenters. The lowest BCUT2D eigenvalue weighted by Crippen LogP contribution is -2.26. The minimum atomic E-state index is -0.381. The minimum absolute atomic E-state index is 0.0968. The Kier molecular flexibility index (Phi) is 3.26. The molecule has 0 spiro atoms. The lowest BCUT2D eigenvalue weighted by molar-refractivity contribution is -0.136. The monoisotopic (exact) mass is 285 g/mol. The van der Waals surface area contributed by atoms with Crippen molar-refractivity contribution in [3.8, 4) is 0 Å². The average molecular weight is 285 g/mol. The standard InChI is InChI=1S/C16H15NO2S/c1-17-15(18)13(14(20-2)16(17)19)12-9-5-7-10-6-3-4-8-11(10)12/h3-9,13-14H,1-2H3/t13-,14-/m0/s1. The maximum Gasteiger partial charge on any atom is 0.243 e. The summed E-state index contributed by atoms with van der Waals surface area (Å²) in [4.78, 5) is 25.8. The number of nitrogens with zero attached hydrogens (tertiary/aromatic N) is 1. The number of fused-ring (bicyclic) bond motifs is 1. The summed E-state index contributed by atoms with van der Waals surface area (Å²) in [6.07, 6.45) is 1.88. The molecule has 1 fully saturated rings. The number of carbonyl (C=O) groups excluding carboxylic acids is 2. The smallest absolute Gasteiger partial charge is 0.243 e. The first-order valence-electron chi connectivity index (χ1n) is 6.47.